The third-order valence-corrected chi connectivity index (χ3v) is 4.66. The van der Waals surface area contributed by atoms with Crippen LogP contribution in [0.3, 0.4) is 0 Å². The van der Waals surface area contributed by atoms with Gasteiger partial charge in [-0.15, -0.1) is 24.0 Å². The van der Waals surface area contributed by atoms with Crippen molar-refractivity contribution in [2.75, 3.05) is 31.6 Å². The van der Waals surface area contributed by atoms with Crippen molar-refractivity contribution < 1.29 is 4.52 Å². The molecule has 7 heteroatoms. The predicted octanol–water partition coefficient (Wildman–Crippen LogP) is 4.00. The van der Waals surface area contributed by atoms with Crippen molar-refractivity contribution in [2.24, 2.45) is 4.99 Å². The monoisotopic (exact) mass is 499 g/mol. The lowest BCUT2D eigenvalue weighted by molar-refractivity contribution is 0.380. The van der Waals surface area contributed by atoms with Gasteiger partial charge >= 0.3 is 0 Å². The van der Waals surface area contributed by atoms with Gasteiger partial charge in [-0.1, -0.05) is 37.2 Å². The molecule has 0 saturated carbocycles. The van der Waals surface area contributed by atoms with Gasteiger partial charge < -0.3 is 20.1 Å². The molecule has 0 aliphatic rings. The summed E-state index contributed by atoms with van der Waals surface area (Å²) in [7, 11) is 1.80. The summed E-state index contributed by atoms with van der Waals surface area (Å²) in [5.41, 5.74) is 3.45. The van der Waals surface area contributed by atoms with E-state index in [1.165, 1.54) is 5.69 Å². The number of guanidine groups is 1. The van der Waals surface area contributed by atoms with Crippen molar-refractivity contribution in [2.45, 2.75) is 46.6 Å². The van der Waals surface area contributed by atoms with Crippen LogP contribution in [-0.2, 0) is 19.4 Å². The SMILES string of the molecule is CCc1noc(CC)c1CNC(=NC)NCCCN(CC)c1ccccc1.I. The molecule has 0 amide bonds. The van der Waals surface area contributed by atoms with E-state index in [9.17, 15) is 0 Å². The molecule has 2 aromatic rings. The standard InChI is InChI=1S/C21H33N5O.HI/c1-5-19-18(20(6-2)27-25-19)16-24-21(22-4)23-14-11-15-26(7-3)17-12-9-8-10-13-17;/h8-10,12-13H,5-7,11,14-16H2,1-4H3,(H2,22,23,24);1H. The summed E-state index contributed by atoms with van der Waals surface area (Å²) in [6.07, 6.45) is 2.76. The van der Waals surface area contributed by atoms with Gasteiger partial charge in [0.2, 0.25) is 0 Å². The predicted molar refractivity (Wildman–Crippen MR) is 128 cm³/mol. The highest BCUT2D eigenvalue weighted by atomic mass is 127. The molecule has 0 atom stereocenters. The minimum absolute atomic E-state index is 0. The molecule has 2 rings (SSSR count). The van der Waals surface area contributed by atoms with Crippen LogP contribution in [0.1, 0.15) is 44.2 Å². The number of nitrogens with zero attached hydrogens (tertiary/aromatic N) is 3. The molecule has 2 N–H and O–H groups in total. The summed E-state index contributed by atoms with van der Waals surface area (Å²) in [5.74, 6) is 1.76. The molecule has 0 unspecified atom stereocenters. The van der Waals surface area contributed by atoms with E-state index in [1.54, 1.807) is 7.05 Å². The number of nitrogens with one attached hydrogen (secondary N) is 2. The second-order valence-electron chi connectivity index (χ2n) is 6.36. The van der Waals surface area contributed by atoms with Crippen LogP contribution in [0.2, 0.25) is 0 Å². The first-order valence-electron chi connectivity index (χ1n) is 9.94. The molecule has 1 heterocycles. The maximum atomic E-state index is 5.43. The summed E-state index contributed by atoms with van der Waals surface area (Å²) >= 11 is 0. The van der Waals surface area contributed by atoms with Crippen LogP contribution < -0.4 is 15.5 Å². The number of aliphatic imine (C=N–C) groups is 1. The van der Waals surface area contributed by atoms with E-state index >= 15 is 0 Å². The first kappa shape index (κ1) is 24.3. The topological polar surface area (TPSA) is 65.7 Å². The molecule has 28 heavy (non-hydrogen) atoms. The molecule has 0 aliphatic heterocycles. The largest absolute Gasteiger partial charge is 0.372 e. The molecule has 0 aliphatic carbocycles. The lowest BCUT2D eigenvalue weighted by atomic mass is 10.1. The Bertz CT molecular complexity index is 681. The molecule has 0 fully saturated rings. The average Bonchev–Trinajstić information content (AvgIpc) is 3.12. The highest BCUT2D eigenvalue weighted by molar-refractivity contribution is 14.0. The summed E-state index contributed by atoms with van der Waals surface area (Å²) in [6, 6.07) is 10.5. The molecule has 0 spiro atoms. The zero-order valence-corrected chi connectivity index (χ0v) is 19.8. The van der Waals surface area contributed by atoms with Crippen molar-refractivity contribution in [3.63, 3.8) is 0 Å². The normalized spacial score (nSPS) is 11.1. The highest BCUT2D eigenvalue weighted by Gasteiger charge is 2.13. The molecule has 0 bridgehead atoms. The summed E-state index contributed by atoms with van der Waals surface area (Å²) < 4.78 is 5.43. The van der Waals surface area contributed by atoms with Gasteiger partial charge in [0, 0.05) is 50.9 Å². The van der Waals surface area contributed by atoms with Gasteiger partial charge in [-0.2, -0.15) is 0 Å². The fourth-order valence-electron chi connectivity index (χ4n) is 3.12. The number of hydrogen-bond acceptors (Lipinski definition) is 4. The number of halogens is 1. The lowest BCUT2D eigenvalue weighted by Gasteiger charge is -2.23. The molecule has 0 saturated heterocycles. The first-order chi connectivity index (χ1) is 13.2. The number of para-hydroxylation sites is 1. The number of rotatable bonds is 10. The van der Waals surface area contributed by atoms with E-state index in [2.05, 4.69) is 76.8 Å². The van der Waals surface area contributed by atoms with Crippen LogP contribution in [0, 0.1) is 0 Å². The zero-order valence-electron chi connectivity index (χ0n) is 17.5. The summed E-state index contributed by atoms with van der Waals surface area (Å²) in [5, 5.41) is 10.9. The van der Waals surface area contributed by atoms with Gasteiger partial charge in [-0.25, -0.2) is 0 Å². The van der Waals surface area contributed by atoms with E-state index in [0.717, 1.165) is 61.9 Å². The van der Waals surface area contributed by atoms with E-state index in [-0.39, 0.29) is 24.0 Å². The number of anilines is 1. The third kappa shape index (κ3) is 7.00. The molecular weight excluding hydrogens is 465 g/mol. The van der Waals surface area contributed by atoms with Crippen molar-refractivity contribution in [1.82, 2.24) is 15.8 Å². The number of hydrogen-bond donors (Lipinski definition) is 2. The molecule has 0 radical (unpaired) electrons. The Hall–Kier alpha value is -1.77. The van der Waals surface area contributed by atoms with Crippen molar-refractivity contribution in [3.8, 4) is 0 Å². The molecule has 6 nitrogen and oxygen atoms in total. The van der Waals surface area contributed by atoms with Crippen LogP contribution in [0.25, 0.3) is 0 Å². The first-order valence-corrected chi connectivity index (χ1v) is 9.94. The van der Waals surface area contributed by atoms with Gasteiger partial charge in [0.25, 0.3) is 0 Å². The fraction of sp³-hybridized carbons (Fsp3) is 0.524. The van der Waals surface area contributed by atoms with Gasteiger partial charge in [0.1, 0.15) is 5.76 Å². The second kappa shape index (κ2) is 13.4. The van der Waals surface area contributed by atoms with E-state index in [4.69, 9.17) is 4.52 Å². The molecule has 1 aromatic heterocycles. The Morgan fingerprint density at radius 3 is 2.46 bits per heavy atom. The minimum Gasteiger partial charge on any atom is -0.372 e. The molecular formula is C21H34IN5O. The Labute approximate surface area is 186 Å². The van der Waals surface area contributed by atoms with Gasteiger partial charge in [-0.05, 0) is 31.9 Å². The van der Waals surface area contributed by atoms with Crippen molar-refractivity contribution in [3.05, 3.63) is 47.3 Å². The molecule has 156 valence electrons. The second-order valence-corrected chi connectivity index (χ2v) is 6.36. The zero-order chi connectivity index (χ0) is 19.5. The third-order valence-electron chi connectivity index (χ3n) is 4.66. The number of aryl methyl sites for hydroxylation is 2. The number of aromatic nitrogens is 1. The van der Waals surface area contributed by atoms with Gasteiger partial charge in [0.05, 0.1) is 5.69 Å². The van der Waals surface area contributed by atoms with E-state index in [1.807, 2.05) is 0 Å². The smallest absolute Gasteiger partial charge is 0.191 e. The Kier molecular flexibility index (Phi) is 11.6. The lowest BCUT2D eigenvalue weighted by Crippen LogP contribution is -2.38. The minimum atomic E-state index is 0. The van der Waals surface area contributed by atoms with E-state index in [0.29, 0.717) is 6.54 Å². The number of benzene rings is 1. The Morgan fingerprint density at radius 2 is 1.86 bits per heavy atom. The van der Waals surface area contributed by atoms with Crippen molar-refractivity contribution in [1.29, 1.82) is 0 Å². The van der Waals surface area contributed by atoms with Crippen LogP contribution in [0.15, 0.2) is 39.8 Å². The van der Waals surface area contributed by atoms with E-state index < -0.39 is 0 Å². The Balaban J connectivity index is 0.00000392. The molecule has 1 aromatic carbocycles. The van der Waals surface area contributed by atoms with Gasteiger partial charge in [-0.3, -0.25) is 4.99 Å². The van der Waals surface area contributed by atoms with Crippen LogP contribution in [-0.4, -0.2) is 37.8 Å². The summed E-state index contributed by atoms with van der Waals surface area (Å²) in [6.45, 7) is 9.94. The van der Waals surface area contributed by atoms with Crippen LogP contribution in [0.5, 0.6) is 0 Å². The highest BCUT2D eigenvalue weighted by Crippen LogP contribution is 2.15. The Morgan fingerprint density at radius 1 is 1.11 bits per heavy atom. The maximum Gasteiger partial charge on any atom is 0.191 e. The average molecular weight is 499 g/mol. The summed E-state index contributed by atoms with van der Waals surface area (Å²) in [4.78, 5) is 6.71. The fourth-order valence-corrected chi connectivity index (χ4v) is 3.12. The van der Waals surface area contributed by atoms with Gasteiger partial charge in [0.15, 0.2) is 5.96 Å². The maximum absolute atomic E-state index is 5.43. The quantitative estimate of drug-likeness (QED) is 0.224. The van der Waals surface area contributed by atoms with Crippen molar-refractivity contribution >= 4 is 35.6 Å². The van der Waals surface area contributed by atoms with Crippen LogP contribution >= 0.6 is 24.0 Å². The van der Waals surface area contributed by atoms with Crippen LogP contribution in [0.4, 0.5) is 5.69 Å².